The van der Waals surface area contributed by atoms with Crippen LogP contribution in [-0.2, 0) is 0 Å². The molecular formula is C23H40. The zero-order valence-electron chi connectivity index (χ0n) is 15.8. The van der Waals surface area contributed by atoms with Crippen molar-refractivity contribution in [3.05, 3.63) is 24.3 Å². The van der Waals surface area contributed by atoms with Gasteiger partial charge in [-0.15, -0.1) is 0 Å². The first-order chi connectivity index (χ1) is 11.3. The lowest BCUT2D eigenvalue weighted by molar-refractivity contribution is 0.263. The second-order valence-corrected chi connectivity index (χ2v) is 8.24. The molecule has 2 aliphatic rings. The van der Waals surface area contributed by atoms with Gasteiger partial charge in [-0.3, -0.25) is 0 Å². The summed E-state index contributed by atoms with van der Waals surface area (Å²) in [5, 5.41) is 0. The Labute approximate surface area is 145 Å². The average Bonchev–Trinajstić information content (AvgIpc) is 2.59. The number of hydrogen-bond acceptors (Lipinski definition) is 0. The fourth-order valence-corrected chi connectivity index (χ4v) is 4.69. The maximum atomic E-state index is 2.52. The van der Waals surface area contributed by atoms with E-state index in [9.17, 15) is 0 Å². The molecule has 0 aromatic rings. The first-order valence-corrected chi connectivity index (χ1v) is 10.6. The smallest absolute Gasteiger partial charge is 0.0233 e. The quantitative estimate of drug-likeness (QED) is 0.402. The topological polar surface area (TPSA) is 0 Å². The van der Waals surface area contributed by atoms with Gasteiger partial charge >= 0.3 is 0 Å². The van der Waals surface area contributed by atoms with Crippen molar-refractivity contribution >= 4 is 0 Å². The normalized spacial score (nSPS) is 32.8. The molecule has 0 aromatic carbocycles. The van der Waals surface area contributed by atoms with Crippen LogP contribution in [0.4, 0.5) is 0 Å². The highest BCUT2D eigenvalue weighted by molar-refractivity contribution is 4.93. The number of allylic oxidation sites excluding steroid dienone is 4. The third kappa shape index (κ3) is 7.27. The van der Waals surface area contributed by atoms with Crippen LogP contribution >= 0.6 is 0 Å². The Hall–Kier alpha value is -0.520. The Balaban J connectivity index is 1.55. The van der Waals surface area contributed by atoms with Crippen LogP contribution < -0.4 is 0 Å². The van der Waals surface area contributed by atoms with Crippen LogP contribution in [0.5, 0.6) is 0 Å². The zero-order chi connectivity index (χ0) is 16.3. The molecule has 0 aliphatic heterocycles. The Morgan fingerprint density at radius 2 is 1.17 bits per heavy atom. The summed E-state index contributed by atoms with van der Waals surface area (Å²) < 4.78 is 0. The molecule has 2 fully saturated rings. The van der Waals surface area contributed by atoms with Crippen LogP contribution in [-0.4, -0.2) is 0 Å². The van der Waals surface area contributed by atoms with E-state index in [1.54, 1.807) is 0 Å². The van der Waals surface area contributed by atoms with Crippen molar-refractivity contribution in [2.24, 2.45) is 23.7 Å². The molecule has 0 unspecified atom stereocenters. The van der Waals surface area contributed by atoms with E-state index in [0.717, 1.165) is 23.7 Å². The molecule has 0 aromatic heterocycles. The van der Waals surface area contributed by atoms with Crippen molar-refractivity contribution in [2.45, 2.75) is 97.3 Å². The van der Waals surface area contributed by atoms with Gasteiger partial charge in [0, 0.05) is 0 Å². The van der Waals surface area contributed by atoms with E-state index in [1.807, 2.05) is 0 Å². The van der Waals surface area contributed by atoms with Gasteiger partial charge in [0.15, 0.2) is 0 Å². The molecule has 0 nitrogen and oxygen atoms in total. The van der Waals surface area contributed by atoms with E-state index in [0.29, 0.717) is 0 Å². The lowest BCUT2D eigenvalue weighted by atomic mass is 9.78. The third-order valence-electron chi connectivity index (χ3n) is 6.30. The molecule has 0 amide bonds. The number of rotatable bonds is 8. The van der Waals surface area contributed by atoms with Crippen molar-refractivity contribution in [3.8, 4) is 0 Å². The zero-order valence-corrected chi connectivity index (χ0v) is 15.8. The lowest BCUT2D eigenvalue weighted by Gasteiger charge is -2.28. The van der Waals surface area contributed by atoms with E-state index >= 15 is 0 Å². The minimum atomic E-state index is 0.883. The molecule has 0 heterocycles. The van der Waals surface area contributed by atoms with Crippen molar-refractivity contribution in [1.29, 1.82) is 0 Å². The molecule has 0 saturated heterocycles. The second-order valence-electron chi connectivity index (χ2n) is 8.24. The Morgan fingerprint density at radius 3 is 1.70 bits per heavy atom. The van der Waals surface area contributed by atoms with Crippen LogP contribution in [0.1, 0.15) is 97.3 Å². The molecule has 132 valence electrons. The molecular weight excluding hydrogens is 276 g/mol. The van der Waals surface area contributed by atoms with Crippen LogP contribution in [0.2, 0.25) is 0 Å². The van der Waals surface area contributed by atoms with Gasteiger partial charge in [-0.05, 0) is 81.5 Å². The van der Waals surface area contributed by atoms with Crippen LogP contribution in [0, 0.1) is 23.7 Å². The maximum Gasteiger partial charge on any atom is -0.0233 e. The van der Waals surface area contributed by atoms with Gasteiger partial charge in [0.25, 0.3) is 0 Å². The highest BCUT2D eigenvalue weighted by Crippen LogP contribution is 2.34. The largest absolute Gasteiger partial charge is 0.0885 e. The van der Waals surface area contributed by atoms with Crippen LogP contribution in [0.25, 0.3) is 0 Å². The predicted molar refractivity (Wildman–Crippen MR) is 104 cm³/mol. The standard InChI is InChI=1S/C23H40/c1-3-5-9-21-16-18-23(19-17-21)11-7-6-10-22-14-12-20(8-4-2)13-15-22/h5-7,9,20-23H,3-4,8,10-19H2,1-2H3/b7-6-,9-5?. The van der Waals surface area contributed by atoms with Gasteiger partial charge in [0.2, 0.25) is 0 Å². The van der Waals surface area contributed by atoms with Crippen molar-refractivity contribution in [3.63, 3.8) is 0 Å². The van der Waals surface area contributed by atoms with Gasteiger partial charge in [-0.2, -0.15) is 0 Å². The minimum absolute atomic E-state index is 0.883. The maximum absolute atomic E-state index is 2.52. The first-order valence-electron chi connectivity index (χ1n) is 10.6. The molecule has 0 spiro atoms. The Bertz CT molecular complexity index is 335. The molecule has 0 atom stereocenters. The van der Waals surface area contributed by atoms with E-state index in [4.69, 9.17) is 0 Å². The van der Waals surface area contributed by atoms with Crippen LogP contribution in [0.15, 0.2) is 24.3 Å². The van der Waals surface area contributed by atoms with E-state index in [1.165, 1.54) is 83.5 Å². The summed E-state index contributed by atoms with van der Waals surface area (Å²) in [7, 11) is 0. The lowest BCUT2D eigenvalue weighted by Crippen LogP contribution is -2.14. The SMILES string of the molecule is CCC=CC1CCC(C/C=C\CC2CCC(CCC)CC2)CC1. The van der Waals surface area contributed by atoms with Gasteiger partial charge in [-0.1, -0.05) is 63.8 Å². The highest BCUT2D eigenvalue weighted by atomic mass is 14.3. The van der Waals surface area contributed by atoms with Gasteiger partial charge in [0.1, 0.15) is 0 Å². The Morgan fingerprint density at radius 1 is 0.652 bits per heavy atom. The van der Waals surface area contributed by atoms with Gasteiger partial charge in [-0.25, -0.2) is 0 Å². The van der Waals surface area contributed by atoms with Crippen molar-refractivity contribution < 1.29 is 0 Å². The molecule has 2 rings (SSSR count). The summed E-state index contributed by atoms with van der Waals surface area (Å²) in [5.74, 6) is 3.90. The summed E-state index contributed by atoms with van der Waals surface area (Å²) in [6.07, 6.45) is 28.4. The van der Waals surface area contributed by atoms with Crippen LogP contribution in [0.3, 0.4) is 0 Å². The van der Waals surface area contributed by atoms with E-state index in [-0.39, 0.29) is 0 Å². The minimum Gasteiger partial charge on any atom is -0.0885 e. The highest BCUT2D eigenvalue weighted by Gasteiger charge is 2.20. The summed E-state index contributed by atoms with van der Waals surface area (Å²) in [5.41, 5.74) is 0. The molecule has 23 heavy (non-hydrogen) atoms. The summed E-state index contributed by atoms with van der Waals surface area (Å²) in [6, 6.07) is 0. The number of hydrogen-bond donors (Lipinski definition) is 0. The van der Waals surface area contributed by atoms with E-state index in [2.05, 4.69) is 38.2 Å². The molecule has 2 aliphatic carbocycles. The fourth-order valence-electron chi connectivity index (χ4n) is 4.69. The molecule has 0 heteroatoms. The van der Waals surface area contributed by atoms with Crippen molar-refractivity contribution in [2.75, 3.05) is 0 Å². The first kappa shape index (κ1) is 18.8. The monoisotopic (exact) mass is 316 g/mol. The predicted octanol–water partition coefficient (Wildman–Crippen LogP) is 7.70. The summed E-state index contributed by atoms with van der Waals surface area (Å²) in [6.45, 7) is 4.57. The van der Waals surface area contributed by atoms with E-state index < -0.39 is 0 Å². The second kappa shape index (κ2) is 11.1. The summed E-state index contributed by atoms with van der Waals surface area (Å²) in [4.78, 5) is 0. The van der Waals surface area contributed by atoms with Crippen molar-refractivity contribution in [1.82, 2.24) is 0 Å². The Kier molecular flexibility index (Phi) is 9.09. The molecule has 0 bridgehead atoms. The molecule has 2 saturated carbocycles. The third-order valence-corrected chi connectivity index (χ3v) is 6.30. The van der Waals surface area contributed by atoms with Gasteiger partial charge in [0.05, 0.1) is 0 Å². The fraction of sp³-hybridized carbons (Fsp3) is 0.826. The van der Waals surface area contributed by atoms with Gasteiger partial charge < -0.3 is 0 Å². The molecule has 0 radical (unpaired) electrons. The molecule has 0 N–H and O–H groups in total. The average molecular weight is 317 g/mol. The summed E-state index contributed by atoms with van der Waals surface area (Å²) >= 11 is 0.